The summed E-state index contributed by atoms with van der Waals surface area (Å²) in [6.45, 7) is 2.36. The number of nitrogens with zero attached hydrogens (tertiary/aromatic N) is 1. The highest BCUT2D eigenvalue weighted by atomic mass is 32.2. The molecular formula is C10H17N3O2S. The van der Waals surface area contributed by atoms with Gasteiger partial charge >= 0.3 is 10.2 Å². The van der Waals surface area contributed by atoms with Gasteiger partial charge in [-0.3, -0.25) is 4.31 Å². The van der Waals surface area contributed by atoms with Gasteiger partial charge < -0.3 is 5.73 Å². The van der Waals surface area contributed by atoms with Crippen molar-refractivity contribution in [1.82, 2.24) is 4.72 Å². The van der Waals surface area contributed by atoms with Crippen molar-refractivity contribution in [3.8, 4) is 0 Å². The molecule has 1 rings (SSSR count). The topological polar surface area (TPSA) is 75.4 Å². The van der Waals surface area contributed by atoms with E-state index in [1.807, 2.05) is 6.92 Å². The maximum atomic E-state index is 11.8. The van der Waals surface area contributed by atoms with Gasteiger partial charge in [-0.2, -0.15) is 8.42 Å². The Morgan fingerprint density at radius 3 is 2.31 bits per heavy atom. The van der Waals surface area contributed by atoms with Gasteiger partial charge in [-0.15, -0.1) is 0 Å². The van der Waals surface area contributed by atoms with E-state index in [1.54, 1.807) is 24.3 Å². The average molecular weight is 243 g/mol. The summed E-state index contributed by atoms with van der Waals surface area (Å²) < 4.78 is 27.1. The van der Waals surface area contributed by atoms with Crippen molar-refractivity contribution < 1.29 is 8.42 Å². The van der Waals surface area contributed by atoms with Gasteiger partial charge in [0.15, 0.2) is 0 Å². The molecule has 0 aliphatic heterocycles. The van der Waals surface area contributed by atoms with Gasteiger partial charge in [0.1, 0.15) is 0 Å². The third-order valence-corrected chi connectivity index (χ3v) is 3.65. The smallest absolute Gasteiger partial charge is 0.301 e. The highest BCUT2D eigenvalue weighted by Crippen LogP contribution is 2.19. The first-order chi connectivity index (χ1) is 7.51. The fraction of sp³-hybridized carbons (Fsp3) is 0.400. The SMILES string of the molecule is CCCN(c1ccc(N)cc1)S(=O)(=O)NC. The molecule has 1 aromatic carbocycles. The molecular weight excluding hydrogens is 226 g/mol. The van der Waals surface area contributed by atoms with Crippen molar-refractivity contribution in [2.75, 3.05) is 23.6 Å². The first-order valence-corrected chi connectivity index (χ1v) is 6.52. The van der Waals surface area contributed by atoms with Crippen LogP contribution in [0, 0.1) is 0 Å². The summed E-state index contributed by atoms with van der Waals surface area (Å²) in [7, 11) is -2.05. The first kappa shape index (κ1) is 12.8. The van der Waals surface area contributed by atoms with Crippen molar-refractivity contribution >= 4 is 21.6 Å². The zero-order valence-electron chi connectivity index (χ0n) is 9.47. The van der Waals surface area contributed by atoms with Gasteiger partial charge in [0.2, 0.25) is 0 Å². The molecule has 0 atom stereocenters. The fourth-order valence-corrected chi connectivity index (χ4v) is 2.38. The summed E-state index contributed by atoms with van der Waals surface area (Å²) in [4.78, 5) is 0. The second-order valence-electron chi connectivity index (χ2n) is 3.37. The molecule has 0 amide bonds. The van der Waals surface area contributed by atoms with Gasteiger partial charge in [-0.05, 0) is 30.7 Å². The van der Waals surface area contributed by atoms with Crippen LogP contribution in [0.4, 0.5) is 11.4 Å². The molecule has 0 saturated carbocycles. The van der Waals surface area contributed by atoms with Crippen LogP contribution in [0.5, 0.6) is 0 Å². The molecule has 90 valence electrons. The van der Waals surface area contributed by atoms with Crippen LogP contribution < -0.4 is 14.8 Å². The molecule has 5 nitrogen and oxygen atoms in total. The molecule has 0 aromatic heterocycles. The lowest BCUT2D eigenvalue weighted by Gasteiger charge is -2.23. The van der Waals surface area contributed by atoms with Crippen molar-refractivity contribution in [3.05, 3.63) is 24.3 Å². The van der Waals surface area contributed by atoms with E-state index in [9.17, 15) is 8.42 Å². The number of hydrogen-bond acceptors (Lipinski definition) is 3. The van der Waals surface area contributed by atoms with Gasteiger partial charge in [0.25, 0.3) is 0 Å². The lowest BCUT2D eigenvalue weighted by atomic mass is 10.3. The Kier molecular flexibility index (Phi) is 4.14. The van der Waals surface area contributed by atoms with E-state index in [-0.39, 0.29) is 0 Å². The number of rotatable bonds is 5. The predicted molar refractivity (Wildman–Crippen MR) is 66.5 cm³/mol. The maximum Gasteiger partial charge on any atom is 0.301 e. The molecule has 16 heavy (non-hydrogen) atoms. The van der Waals surface area contributed by atoms with E-state index in [0.717, 1.165) is 6.42 Å². The summed E-state index contributed by atoms with van der Waals surface area (Å²) in [6.07, 6.45) is 0.741. The molecule has 0 aliphatic rings. The quantitative estimate of drug-likeness (QED) is 0.756. The van der Waals surface area contributed by atoms with Gasteiger partial charge in [0.05, 0.1) is 5.69 Å². The molecule has 0 saturated heterocycles. The summed E-state index contributed by atoms with van der Waals surface area (Å²) >= 11 is 0. The normalized spacial score (nSPS) is 11.4. The summed E-state index contributed by atoms with van der Waals surface area (Å²) in [6, 6.07) is 6.76. The highest BCUT2D eigenvalue weighted by molar-refractivity contribution is 7.90. The van der Waals surface area contributed by atoms with Crippen LogP contribution in [0.3, 0.4) is 0 Å². The van der Waals surface area contributed by atoms with Crippen LogP contribution in [-0.4, -0.2) is 22.0 Å². The number of hydrogen-bond donors (Lipinski definition) is 2. The van der Waals surface area contributed by atoms with Gasteiger partial charge in [-0.25, -0.2) is 4.72 Å². The predicted octanol–water partition coefficient (Wildman–Crippen LogP) is 0.949. The van der Waals surface area contributed by atoms with E-state index in [0.29, 0.717) is 17.9 Å². The Bertz CT molecular complexity index is 428. The number of anilines is 2. The van der Waals surface area contributed by atoms with Gasteiger partial charge in [0, 0.05) is 19.3 Å². The largest absolute Gasteiger partial charge is 0.399 e. The second kappa shape index (κ2) is 5.18. The Hall–Kier alpha value is -1.27. The molecule has 0 fully saturated rings. The average Bonchev–Trinajstić information content (AvgIpc) is 2.27. The molecule has 0 radical (unpaired) electrons. The van der Waals surface area contributed by atoms with Crippen molar-refractivity contribution in [2.24, 2.45) is 0 Å². The van der Waals surface area contributed by atoms with Crippen LogP contribution in [-0.2, 0) is 10.2 Å². The lowest BCUT2D eigenvalue weighted by Crippen LogP contribution is -2.39. The molecule has 6 heteroatoms. The van der Waals surface area contributed by atoms with E-state index in [4.69, 9.17) is 5.73 Å². The Morgan fingerprint density at radius 2 is 1.88 bits per heavy atom. The zero-order chi connectivity index (χ0) is 12.2. The number of benzene rings is 1. The zero-order valence-corrected chi connectivity index (χ0v) is 10.3. The minimum absolute atomic E-state index is 0.438. The number of nitrogen functional groups attached to an aromatic ring is 1. The fourth-order valence-electron chi connectivity index (χ4n) is 1.34. The van der Waals surface area contributed by atoms with Crippen LogP contribution in [0.2, 0.25) is 0 Å². The third-order valence-electron chi connectivity index (χ3n) is 2.16. The van der Waals surface area contributed by atoms with E-state index in [2.05, 4.69) is 4.72 Å². The molecule has 0 aliphatic carbocycles. The molecule has 0 heterocycles. The molecule has 3 N–H and O–H groups in total. The van der Waals surface area contributed by atoms with Crippen molar-refractivity contribution in [3.63, 3.8) is 0 Å². The van der Waals surface area contributed by atoms with E-state index in [1.165, 1.54) is 11.4 Å². The van der Waals surface area contributed by atoms with Crippen LogP contribution >= 0.6 is 0 Å². The van der Waals surface area contributed by atoms with E-state index < -0.39 is 10.2 Å². The van der Waals surface area contributed by atoms with Crippen LogP contribution in [0.25, 0.3) is 0 Å². The minimum Gasteiger partial charge on any atom is -0.399 e. The Morgan fingerprint density at radius 1 is 1.31 bits per heavy atom. The maximum absolute atomic E-state index is 11.8. The minimum atomic E-state index is -3.45. The number of nitrogens with one attached hydrogen (secondary N) is 1. The third kappa shape index (κ3) is 2.86. The molecule has 1 aromatic rings. The monoisotopic (exact) mass is 243 g/mol. The number of nitrogens with two attached hydrogens (primary N) is 1. The van der Waals surface area contributed by atoms with Gasteiger partial charge in [-0.1, -0.05) is 6.92 Å². The lowest BCUT2D eigenvalue weighted by molar-refractivity contribution is 0.582. The van der Waals surface area contributed by atoms with Crippen LogP contribution in [0.15, 0.2) is 24.3 Å². The van der Waals surface area contributed by atoms with Crippen LogP contribution in [0.1, 0.15) is 13.3 Å². The standard InChI is InChI=1S/C10H17N3O2S/c1-3-8-13(16(14,15)12-2)10-6-4-9(11)5-7-10/h4-7,12H,3,8,11H2,1-2H3. The Labute approximate surface area is 96.4 Å². The molecule has 0 unspecified atom stereocenters. The second-order valence-corrected chi connectivity index (χ2v) is 5.17. The summed E-state index contributed by atoms with van der Waals surface area (Å²) in [5, 5.41) is 0. The Balaban J connectivity index is 3.08. The highest BCUT2D eigenvalue weighted by Gasteiger charge is 2.19. The summed E-state index contributed by atoms with van der Waals surface area (Å²) in [5.41, 5.74) is 6.79. The van der Waals surface area contributed by atoms with E-state index >= 15 is 0 Å². The van der Waals surface area contributed by atoms with Crippen molar-refractivity contribution in [1.29, 1.82) is 0 Å². The van der Waals surface area contributed by atoms with Crippen molar-refractivity contribution in [2.45, 2.75) is 13.3 Å². The molecule has 0 spiro atoms. The summed E-state index contributed by atoms with van der Waals surface area (Å²) in [5.74, 6) is 0. The molecule has 0 bridgehead atoms. The first-order valence-electron chi connectivity index (χ1n) is 5.08.